The molecule has 106 valence electrons. The maximum Gasteiger partial charge on any atom is -0.0137 e. The molecule has 0 heterocycles. The van der Waals surface area contributed by atoms with Gasteiger partial charge in [-0.1, -0.05) is 0 Å². The molecule has 0 radical (unpaired) electrons. The van der Waals surface area contributed by atoms with Crippen molar-refractivity contribution in [1.29, 1.82) is 0 Å². The molecule has 0 nitrogen and oxygen atoms in total. The Morgan fingerprint density at radius 1 is 0.650 bits per heavy atom. The van der Waals surface area contributed by atoms with Gasteiger partial charge in [-0.25, -0.2) is 0 Å². The van der Waals surface area contributed by atoms with Crippen molar-refractivity contribution in [3.8, 4) is 0 Å². The fourth-order valence-electron chi connectivity index (χ4n) is 11.9. The van der Waals surface area contributed by atoms with Gasteiger partial charge in [0.15, 0.2) is 0 Å². The van der Waals surface area contributed by atoms with Crippen LogP contribution in [0.15, 0.2) is 0 Å². The molecule has 0 amide bonds. The van der Waals surface area contributed by atoms with E-state index in [1.807, 2.05) is 0 Å². The van der Waals surface area contributed by atoms with Crippen LogP contribution in [-0.2, 0) is 0 Å². The summed E-state index contributed by atoms with van der Waals surface area (Å²) in [6, 6.07) is 0. The van der Waals surface area contributed by atoms with Crippen LogP contribution >= 0.6 is 0 Å². The van der Waals surface area contributed by atoms with Crippen molar-refractivity contribution in [2.24, 2.45) is 63.6 Å². The van der Waals surface area contributed by atoms with Crippen molar-refractivity contribution >= 4 is 0 Å². The second-order valence-corrected chi connectivity index (χ2v) is 10.6. The lowest BCUT2D eigenvalue weighted by molar-refractivity contribution is -0.540. The lowest BCUT2D eigenvalue weighted by Gasteiger charge is -3.01. The van der Waals surface area contributed by atoms with Gasteiger partial charge in [-0.3, -0.25) is 0 Å². The van der Waals surface area contributed by atoms with Gasteiger partial charge in [-0.2, -0.15) is 0 Å². The zero-order chi connectivity index (χ0) is 12.5. The minimum absolute atomic E-state index is 0.967. The molecule has 0 saturated heterocycles. The normalized spacial score (nSPS) is 82.8. The van der Waals surface area contributed by atoms with Gasteiger partial charge >= 0.3 is 0 Å². The van der Waals surface area contributed by atoms with Gasteiger partial charge in [-0.15, -0.1) is 0 Å². The highest BCUT2D eigenvalue weighted by molar-refractivity contribution is 5.44. The fraction of sp³-hybridized carbons (Fsp3) is 1.00. The van der Waals surface area contributed by atoms with Gasteiger partial charge in [0.1, 0.15) is 0 Å². The van der Waals surface area contributed by atoms with Gasteiger partial charge in [0.2, 0.25) is 0 Å². The Bertz CT molecular complexity index is 527. The quantitative estimate of drug-likeness (QED) is 0.606. The third-order valence-electron chi connectivity index (χ3n) is 11.7. The van der Waals surface area contributed by atoms with E-state index in [9.17, 15) is 0 Å². The van der Waals surface area contributed by atoms with Crippen molar-refractivity contribution in [3.05, 3.63) is 0 Å². The summed E-state index contributed by atoms with van der Waals surface area (Å²) < 4.78 is 0. The molecule has 0 aromatic heterocycles. The maximum atomic E-state index is 1.76. The first kappa shape index (κ1) is 9.90. The molecule has 0 N–H and O–H groups in total. The molecule has 8 rings (SSSR count). The first-order valence-corrected chi connectivity index (χ1v) is 9.83. The van der Waals surface area contributed by atoms with Gasteiger partial charge < -0.3 is 0 Å². The molecule has 8 atom stereocenters. The van der Waals surface area contributed by atoms with E-state index >= 15 is 0 Å². The second-order valence-electron chi connectivity index (χ2n) is 10.6. The molecule has 3 spiro atoms. The molecule has 0 aromatic carbocycles. The lowest BCUT2D eigenvalue weighted by Crippen LogP contribution is -2.96. The Balaban J connectivity index is 1.43. The predicted octanol–water partition coefficient (Wildman–Crippen LogP) is 4.49. The van der Waals surface area contributed by atoms with Crippen molar-refractivity contribution in [3.63, 3.8) is 0 Å². The highest BCUT2D eigenvalue weighted by Gasteiger charge is 2.97. The van der Waals surface area contributed by atoms with Crippen molar-refractivity contribution in [2.45, 2.75) is 57.8 Å². The Labute approximate surface area is 122 Å². The van der Waals surface area contributed by atoms with Crippen LogP contribution in [0.2, 0.25) is 0 Å². The maximum absolute atomic E-state index is 1.76. The zero-order valence-electron chi connectivity index (χ0n) is 12.5. The second kappa shape index (κ2) is 2.37. The van der Waals surface area contributed by atoms with Crippen molar-refractivity contribution < 1.29 is 0 Å². The van der Waals surface area contributed by atoms with Gasteiger partial charge in [0, 0.05) is 0 Å². The molecular weight excluding hydrogens is 240 g/mol. The van der Waals surface area contributed by atoms with Crippen LogP contribution in [0.1, 0.15) is 57.8 Å². The Kier molecular flexibility index (Phi) is 1.17. The van der Waals surface area contributed by atoms with E-state index in [4.69, 9.17) is 0 Å². The van der Waals surface area contributed by atoms with Crippen molar-refractivity contribution in [1.82, 2.24) is 0 Å². The molecule has 6 bridgehead atoms. The average molecular weight is 266 g/mol. The van der Waals surface area contributed by atoms with Gasteiger partial charge in [0.05, 0.1) is 0 Å². The van der Waals surface area contributed by atoms with Crippen LogP contribution in [0, 0.1) is 63.6 Å². The Morgan fingerprint density at radius 3 is 1.85 bits per heavy atom. The van der Waals surface area contributed by atoms with E-state index in [2.05, 4.69) is 0 Å². The van der Waals surface area contributed by atoms with Crippen LogP contribution in [0.25, 0.3) is 0 Å². The van der Waals surface area contributed by atoms with Crippen LogP contribution in [0.4, 0.5) is 0 Å². The standard InChI is InChI=1S/C20H26/c1-3-12-5-15-17-16-6-13-4-2-11-8-19(13,16)20(17)9-14(11)10(1)7-18(12,15)20/h10-17H,1-9H2. The summed E-state index contributed by atoms with van der Waals surface area (Å²) >= 11 is 0. The highest BCUT2D eigenvalue weighted by atomic mass is 15.0. The van der Waals surface area contributed by atoms with E-state index in [1.165, 1.54) is 47.3 Å². The fourth-order valence-corrected chi connectivity index (χ4v) is 11.9. The molecule has 8 fully saturated rings. The van der Waals surface area contributed by atoms with E-state index in [-0.39, 0.29) is 0 Å². The minimum Gasteiger partial charge on any atom is -0.0499 e. The first-order chi connectivity index (χ1) is 9.83. The van der Waals surface area contributed by atoms with E-state index in [1.54, 1.807) is 57.8 Å². The van der Waals surface area contributed by atoms with Crippen LogP contribution in [0.3, 0.4) is 0 Å². The predicted molar refractivity (Wildman–Crippen MR) is 76.8 cm³/mol. The minimum atomic E-state index is 0.967. The van der Waals surface area contributed by atoms with Gasteiger partial charge in [-0.05, 0) is 121 Å². The topological polar surface area (TPSA) is 0 Å². The molecule has 20 heavy (non-hydrogen) atoms. The number of hydrogen-bond donors (Lipinski definition) is 0. The average Bonchev–Trinajstić information content (AvgIpc) is 2.46. The third-order valence-corrected chi connectivity index (χ3v) is 11.7. The highest BCUT2D eigenvalue weighted by Crippen LogP contribution is 3.02. The molecule has 0 aliphatic heterocycles. The first-order valence-electron chi connectivity index (χ1n) is 9.83. The summed E-state index contributed by atoms with van der Waals surface area (Å²) in [6.45, 7) is 0. The largest absolute Gasteiger partial charge is 0.0499 e. The molecule has 8 aliphatic carbocycles. The monoisotopic (exact) mass is 266 g/mol. The summed E-state index contributed by atoms with van der Waals surface area (Å²) in [7, 11) is 0. The lowest BCUT2D eigenvalue weighted by atomic mass is 9.03. The molecular formula is C20H26. The summed E-state index contributed by atoms with van der Waals surface area (Å²) in [4.78, 5) is 0. The van der Waals surface area contributed by atoms with E-state index < -0.39 is 0 Å². The Morgan fingerprint density at radius 2 is 1.25 bits per heavy atom. The number of fused-ring (bicyclic) bond motifs is 7. The summed E-state index contributed by atoms with van der Waals surface area (Å²) in [6.07, 6.45) is 15.2. The number of hydrogen-bond acceptors (Lipinski definition) is 0. The van der Waals surface area contributed by atoms with Crippen LogP contribution < -0.4 is 0 Å². The molecule has 0 heteroatoms. The smallest absolute Gasteiger partial charge is 0.0137 e. The van der Waals surface area contributed by atoms with Gasteiger partial charge in [0.25, 0.3) is 0 Å². The third kappa shape index (κ3) is 0.553. The van der Waals surface area contributed by atoms with Crippen LogP contribution in [-0.4, -0.2) is 0 Å². The Hall–Kier alpha value is 0. The van der Waals surface area contributed by atoms with Crippen LogP contribution in [0.5, 0.6) is 0 Å². The molecule has 0 aromatic rings. The van der Waals surface area contributed by atoms with E-state index in [0.29, 0.717) is 0 Å². The summed E-state index contributed by atoms with van der Waals surface area (Å²) in [5, 5.41) is 0. The SMILES string of the molecule is C1CC2CC3C4C5CC6CCC7CC65C45CC7C1CC235. The summed E-state index contributed by atoms with van der Waals surface area (Å²) in [5.41, 5.74) is 2.91. The van der Waals surface area contributed by atoms with E-state index in [0.717, 1.165) is 16.2 Å². The molecule has 8 unspecified atom stereocenters. The number of rotatable bonds is 0. The summed E-state index contributed by atoms with van der Waals surface area (Å²) in [5.74, 6) is 9.82. The molecule has 8 saturated carbocycles. The molecule has 8 aliphatic rings. The zero-order valence-corrected chi connectivity index (χ0v) is 12.5. The van der Waals surface area contributed by atoms with Crippen molar-refractivity contribution in [2.75, 3.05) is 0 Å².